The van der Waals surface area contributed by atoms with E-state index in [1.807, 2.05) is 12.1 Å². The van der Waals surface area contributed by atoms with Gasteiger partial charge in [-0.05, 0) is 43.5 Å². The van der Waals surface area contributed by atoms with Crippen LogP contribution in [0.3, 0.4) is 0 Å². The van der Waals surface area contributed by atoms with Crippen molar-refractivity contribution in [1.82, 2.24) is 5.32 Å². The molecule has 4 nitrogen and oxygen atoms in total. The molecule has 0 heterocycles. The minimum absolute atomic E-state index is 0.0177. The van der Waals surface area contributed by atoms with Crippen LogP contribution in [0.2, 0.25) is 0 Å². The zero-order chi connectivity index (χ0) is 13.7. The van der Waals surface area contributed by atoms with Gasteiger partial charge in [-0.15, -0.1) is 0 Å². The summed E-state index contributed by atoms with van der Waals surface area (Å²) < 4.78 is 10.5. The highest BCUT2D eigenvalue weighted by Gasteiger charge is 2.24. The molecule has 0 radical (unpaired) electrons. The lowest BCUT2D eigenvalue weighted by Crippen LogP contribution is -2.18. The van der Waals surface area contributed by atoms with Crippen molar-refractivity contribution in [2.75, 3.05) is 19.8 Å². The minimum Gasteiger partial charge on any atom is -0.482 e. The maximum absolute atomic E-state index is 11.3. The van der Waals surface area contributed by atoms with E-state index in [2.05, 4.69) is 18.3 Å². The third-order valence-electron chi connectivity index (χ3n) is 3.33. The minimum atomic E-state index is -0.318. The summed E-state index contributed by atoms with van der Waals surface area (Å²) in [7, 11) is 0. The Kier molecular flexibility index (Phi) is 4.80. The first-order chi connectivity index (χ1) is 9.26. The number of esters is 1. The molecule has 0 aromatic heterocycles. The number of carbonyl (C=O) groups is 1. The molecular weight excluding hydrogens is 242 g/mol. The van der Waals surface area contributed by atoms with E-state index < -0.39 is 0 Å². The highest BCUT2D eigenvalue weighted by molar-refractivity contribution is 5.71. The van der Waals surface area contributed by atoms with E-state index in [9.17, 15) is 4.79 Å². The van der Waals surface area contributed by atoms with Crippen molar-refractivity contribution >= 4 is 5.97 Å². The lowest BCUT2D eigenvalue weighted by molar-refractivity contribution is -0.145. The van der Waals surface area contributed by atoms with Gasteiger partial charge in [-0.3, -0.25) is 0 Å². The Balaban J connectivity index is 2.05. The van der Waals surface area contributed by atoms with Crippen molar-refractivity contribution in [3.05, 3.63) is 29.3 Å². The molecule has 1 aromatic carbocycles. The van der Waals surface area contributed by atoms with Crippen molar-refractivity contribution < 1.29 is 14.3 Å². The van der Waals surface area contributed by atoms with Crippen LogP contribution < -0.4 is 10.1 Å². The van der Waals surface area contributed by atoms with Crippen LogP contribution in [0.1, 0.15) is 37.4 Å². The average Bonchev–Trinajstić information content (AvgIpc) is 2.81. The summed E-state index contributed by atoms with van der Waals surface area (Å²) >= 11 is 0. The summed E-state index contributed by atoms with van der Waals surface area (Å²) in [6.07, 6.45) is 2.08. The molecule has 19 heavy (non-hydrogen) atoms. The largest absolute Gasteiger partial charge is 0.482 e. The van der Waals surface area contributed by atoms with E-state index in [1.54, 1.807) is 6.92 Å². The highest BCUT2D eigenvalue weighted by Crippen LogP contribution is 2.36. The van der Waals surface area contributed by atoms with Gasteiger partial charge in [-0.25, -0.2) is 4.79 Å². The van der Waals surface area contributed by atoms with E-state index in [0.717, 1.165) is 25.1 Å². The van der Waals surface area contributed by atoms with Crippen molar-refractivity contribution in [3.8, 4) is 5.75 Å². The van der Waals surface area contributed by atoms with E-state index in [-0.39, 0.29) is 12.6 Å². The monoisotopic (exact) mass is 263 g/mol. The molecule has 1 aromatic rings. The zero-order valence-electron chi connectivity index (χ0n) is 11.6. The summed E-state index contributed by atoms with van der Waals surface area (Å²) in [5.41, 5.74) is 2.51. The summed E-state index contributed by atoms with van der Waals surface area (Å²) in [6.45, 7) is 5.23. The lowest BCUT2D eigenvalue weighted by atomic mass is 10.1. The van der Waals surface area contributed by atoms with Gasteiger partial charge < -0.3 is 14.8 Å². The van der Waals surface area contributed by atoms with Gasteiger partial charge in [0.15, 0.2) is 6.61 Å². The van der Waals surface area contributed by atoms with E-state index in [4.69, 9.17) is 9.47 Å². The second kappa shape index (κ2) is 6.57. The maximum atomic E-state index is 11.3. The van der Waals surface area contributed by atoms with Gasteiger partial charge in [0.25, 0.3) is 0 Å². The molecule has 2 rings (SSSR count). The van der Waals surface area contributed by atoms with Gasteiger partial charge >= 0.3 is 5.97 Å². The molecule has 0 bridgehead atoms. The predicted octanol–water partition coefficient (Wildman–Crippen LogP) is 2.23. The zero-order valence-corrected chi connectivity index (χ0v) is 11.6. The van der Waals surface area contributed by atoms with Crippen molar-refractivity contribution in [3.63, 3.8) is 0 Å². The van der Waals surface area contributed by atoms with Crippen molar-refractivity contribution in [2.45, 2.75) is 32.7 Å². The number of carbonyl (C=O) groups excluding carboxylic acids is 1. The normalized spacial score (nSPS) is 17.1. The van der Waals surface area contributed by atoms with Gasteiger partial charge in [0.2, 0.25) is 0 Å². The van der Waals surface area contributed by atoms with Gasteiger partial charge in [0.1, 0.15) is 5.75 Å². The Morgan fingerprint density at radius 1 is 1.42 bits per heavy atom. The Bertz CT molecular complexity index is 445. The van der Waals surface area contributed by atoms with Crippen molar-refractivity contribution in [2.24, 2.45) is 0 Å². The second-order valence-corrected chi connectivity index (χ2v) is 4.57. The average molecular weight is 263 g/mol. The third-order valence-corrected chi connectivity index (χ3v) is 3.33. The number of hydrogen-bond donors (Lipinski definition) is 1. The van der Waals surface area contributed by atoms with Crippen LogP contribution in [-0.4, -0.2) is 25.7 Å². The van der Waals surface area contributed by atoms with Gasteiger partial charge in [-0.1, -0.05) is 19.1 Å². The fourth-order valence-electron chi connectivity index (χ4n) is 2.55. The van der Waals surface area contributed by atoms with E-state index >= 15 is 0 Å². The Morgan fingerprint density at radius 3 is 3.00 bits per heavy atom. The fraction of sp³-hybridized carbons (Fsp3) is 0.533. The third kappa shape index (κ3) is 3.26. The number of rotatable bonds is 6. The molecular formula is C15H21NO3. The molecule has 1 atom stereocenters. The second-order valence-electron chi connectivity index (χ2n) is 4.57. The standard InChI is InChI=1S/C15H21NO3/c1-3-16-13-9-8-12-11(13)6-5-7-14(12)19-10-15(17)18-4-2/h5-7,13,16H,3-4,8-10H2,1-2H3. The van der Waals surface area contributed by atoms with Gasteiger partial charge in [0, 0.05) is 6.04 Å². The van der Waals surface area contributed by atoms with E-state index in [0.29, 0.717) is 12.6 Å². The maximum Gasteiger partial charge on any atom is 0.344 e. The molecule has 1 aliphatic carbocycles. The number of fused-ring (bicyclic) bond motifs is 1. The molecule has 0 fully saturated rings. The SMILES string of the molecule is CCNC1CCc2c(OCC(=O)OCC)cccc21. The first kappa shape index (κ1) is 13.9. The summed E-state index contributed by atoms with van der Waals surface area (Å²) in [6, 6.07) is 6.44. The Labute approximate surface area is 114 Å². The topological polar surface area (TPSA) is 47.6 Å². The summed E-state index contributed by atoms with van der Waals surface area (Å²) in [4.78, 5) is 11.3. The van der Waals surface area contributed by atoms with Crippen LogP contribution in [0.15, 0.2) is 18.2 Å². The predicted molar refractivity (Wildman–Crippen MR) is 73.3 cm³/mol. The van der Waals surface area contributed by atoms with Gasteiger partial charge in [0.05, 0.1) is 6.61 Å². The highest BCUT2D eigenvalue weighted by atomic mass is 16.6. The lowest BCUT2D eigenvalue weighted by Gasteiger charge is -2.14. The van der Waals surface area contributed by atoms with Crippen LogP contribution in [0.5, 0.6) is 5.75 Å². The molecule has 1 unspecified atom stereocenters. The summed E-state index contributed by atoms with van der Waals surface area (Å²) in [5.74, 6) is 0.493. The molecule has 1 aliphatic rings. The molecule has 0 amide bonds. The Morgan fingerprint density at radius 2 is 2.26 bits per heavy atom. The smallest absolute Gasteiger partial charge is 0.344 e. The molecule has 4 heteroatoms. The molecule has 1 N–H and O–H groups in total. The first-order valence-corrected chi connectivity index (χ1v) is 6.89. The van der Waals surface area contributed by atoms with Gasteiger partial charge in [-0.2, -0.15) is 0 Å². The molecule has 0 saturated heterocycles. The number of benzene rings is 1. The molecule has 104 valence electrons. The van der Waals surface area contributed by atoms with E-state index in [1.165, 1.54) is 11.1 Å². The number of ether oxygens (including phenoxy) is 2. The Hall–Kier alpha value is -1.55. The van der Waals surface area contributed by atoms with Crippen LogP contribution in [0.25, 0.3) is 0 Å². The van der Waals surface area contributed by atoms with Crippen LogP contribution in [0.4, 0.5) is 0 Å². The summed E-state index contributed by atoms with van der Waals surface area (Å²) in [5, 5.41) is 3.47. The fourth-order valence-corrected chi connectivity index (χ4v) is 2.55. The van der Waals surface area contributed by atoms with Crippen molar-refractivity contribution in [1.29, 1.82) is 0 Å². The number of hydrogen-bond acceptors (Lipinski definition) is 4. The van der Waals surface area contributed by atoms with Crippen LogP contribution in [-0.2, 0) is 16.0 Å². The van der Waals surface area contributed by atoms with Crippen LogP contribution in [0, 0.1) is 0 Å². The quantitative estimate of drug-likeness (QED) is 0.800. The first-order valence-electron chi connectivity index (χ1n) is 6.89. The molecule has 0 aliphatic heterocycles. The number of nitrogens with one attached hydrogen (secondary N) is 1. The molecule has 0 spiro atoms. The molecule has 0 saturated carbocycles. The van der Waals surface area contributed by atoms with Crippen LogP contribution >= 0.6 is 0 Å².